The van der Waals surface area contributed by atoms with E-state index in [0.717, 1.165) is 16.1 Å². The Morgan fingerprint density at radius 1 is 1.12 bits per heavy atom. The third-order valence-electron chi connectivity index (χ3n) is 4.08. The molecule has 0 aliphatic rings. The largest absolute Gasteiger partial charge is 0.348 e. The summed E-state index contributed by atoms with van der Waals surface area (Å²) in [4.78, 5) is 12.8. The van der Waals surface area contributed by atoms with Crippen molar-refractivity contribution in [3.63, 3.8) is 0 Å². The van der Waals surface area contributed by atoms with Gasteiger partial charge in [0.25, 0.3) is 0 Å². The van der Waals surface area contributed by atoms with E-state index in [2.05, 4.69) is 5.32 Å². The van der Waals surface area contributed by atoms with Gasteiger partial charge in [0.15, 0.2) is 0 Å². The van der Waals surface area contributed by atoms with E-state index in [9.17, 15) is 17.6 Å². The Labute approximate surface area is 153 Å². The Morgan fingerprint density at radius 3 is 2.23 bits per heavy atom. The van der Waals surface area contributed by atoms with Crippen LogP contribution in [-0.4, -0.2) is 26.6 Å². The molecule has 26 heavy (non-hydrogen) atoms. The van der Waals surface area contributed by atoms with Crippen molar-refractivity contribution < 1.29 is 17.6 Å². The predicted molar refractivity (Wildman–Crippen MR) is 101 cm³/mol. The van der Waals surface area contributed by atoms with Crippen LogP contribution in [0.3, 0.4) is 0 Å². The van der Waals surface area contributed by atoms with Crippen LogP contribution < -0.4 is 9.62 Å². The lowest BCUT2D eigenvalue weighted by atomic mass is 10.1. The zero-order valence-electron chi connectivity index (χ0n) is 15.0. The number of hydrogen-bond donors (Lipinski definition) is 1. The molecule has 2 aromatic rings. The number of anilines is 1. The highest BCUT2D eigenvalue weighted by atomic mass is 32.2. The smallest absolute Gasteiger partial charge is 0.244 e. The van der Waals surface area contributed by atoms with Crippen LogP contribution in [0.15, 0.2) is 54.6 Å². The highest BCUT2D eigenvalue weighted by Crippen LogP contribution is 2.26. The lowest BCUT2D eigenvalue weighted by Gasteiger charge is -2.31. The summed E-state index contributed by atoms with van der Waals surface area (Å²) in [5.41, 5.74) is 0.761. The first kappa shape index (κ1) is 19.9. The van der Waals surface area contributed by atoms with Gasteiger partial charge in [-0.3, -0.25) is 9.10 Å². The van der Waals surface area contributed by atoms with Crippen molar-refractivity contribution in [2.24, 2.45) is 0 Å². The fraction of sp³-hybridized carbons (Fsp3) is 0.316. The van der Waals surface area contributed by atoms with Crippen LogP contribution in [0.2, 0.25) is 0 Å². The number of benzene rings is 2. The van der Waals surface area contributed by atoms with Gasteiger partial charge in [0, 0.05) is 0 Å². The summed E-state index contributed by atoms with van der Waals surface area (Å²) in [6, 6.07) is 13.5. The standard InChI is InChI=1S/C19H23FN2O3S/c1-4-17(19(23)21-14(2)15-10-6-5-7-11-15)22(26(3,24)25)18-13-9-8-12-16(18)20/h5-14,17H,4H2,1-3H3,(H,21,23)/t14-,17+/m1/s1. The Balaban J connectivity index is 2.33. The molecule has 2 rings (SSSR count). The zero-order chi connectivity index (χ0) is 19.3. The van der Waals surface area contributed by atoms with Crippen molar-refractivity contribution in [2.75, 3.05) is 10.6 Å². The minimum Gasteiger partial charge on any atom is -0.348 e. The summed E-state index contributed by atoms with van der Waals surface area (Å²) in [6.45, 7) is 3.50. The van der Waals surface area contributed by atoms with Crippen LogP contribution >= 0.6 is 0 Å². The van der Waals surface area contributed by atoms with Gasteiger partial charge >= 0.3 is 0 Å². The number of sulfonamides is 1. The number of carbonyl (C=O) groups excluding carboxylic acids is 1. The van der Waals surface area contributed by atoms with Crippen LogP contribution in [-0.2, 0) is 14.8 Å². The third kappa shape index (κ3) is 4.60. The number of amides is 1. The van der Waals surface area contributed by atoms with E-state index in [0.29, 0.717) is 0 Å². The van der Waals surface area contributed by atoms with E-state index in [1.807, 2.05) is 37.3 Å². The molecule has 2 atom stereocenters. The molecule has 0 spiro atoms. The van der Waals surface area contributed by atoms with Crippen molar-refractivity contribution in [2.45, 2.75) is 32.4 Å². The molecule has 0 fully saturated rings. The maximum absolute atomic E-state index is 14.2. The van der Waals surface area contributed by atoms with Crippen LogP contribution in [0.1, 0.15) is 31.9 Å². The molecule has 0 heterocycles. The Morgan fingerprint density at radius 2 is 1.69 bits per heavy atom. The van der Waals surface area contributed by atoms with Gasteiger partial charge in [-0.2, -0.15) is 0 Å². The monoisotopic (exact) mass is 378 g/mol. The van der Waals surface area contributed by atoms with E-state index in [4.69, 9.17) is 0 Å². The topological polar surface area (TPSA) is 66.5 Å². The van der Waals surface area contributed by atoms with Crippen molar-refractivity contribution in [3.05, 3.63) is 66.0 Å². The summed E-state index contributed by atoms with van der Waals surface area (Å²) in [7, 11) is -3.86. The summed E-state index contributed by atoms with van der Waals surface area (Å²) in [5.74, 6) is -1.17. The Hall–Kier alpha value is -2.41. The highest BCUT2D eigenvalue weighted by molar-refractivity contribution is 7.92. The van der Waals surface area contributed by atoms with Gasteiger partial charge in [0.2, 0.25) is 15.9 Å². The molecule has 0 aliphatic heterocycles. The average molecular weight is 378 g/mol. The van der Waals surface area contributed by atoms with Gasteiger partial charge in [-0.15, -0.1) is 0 Å². The zero-order valence-corrected chi connectivity index (χ0v) is 15.8. The maximum Gasteiger partial charge on any atom is 0.244 e. The van der Waals surface area contributed by atoms with Crippen molar-refractivity contribution in [3.8, 4) is 0 Å². The van der Waals surface area contributed by atoms with Crippen LogP contribution in [0, 0.1) is 5.82 Å². The lowest BCUT2D eigenvalue weighted by Crippen LogP contribution is -2.50. The maximum atomic E-state index is 14.2. The summed E-state index contributed by atoms with van der Waals surface area (Å²) < 4.78 is 39.7. The molecule has 0 saturated carbocycles. The number of hydrogen-bond acceptors (Lipinski definition) is 3. The second kappa shape index (κ2) is 8.31. The van der Waals surface area contributed by atoms with E-state index >= 15 is 0 Å². The van der Waals surface area contributed by atoms with Crippen molar-refractivity contribution >= 4 is 21.6 Å². The van der Waals surface area contributed by atoms with Gasteiger partial charge < -0.3 is 5.32 Å². The molecule has 1 amide bonds. The minimum atomic E-state index is -3.86. The summed E-state index contributed by atoms with van der Waals surface area (Å²) in [5, 5.41) is 2.82. The van der Waals surface area contributed by atoms with Gasteiger partial charge in [-0.1, -0.05) is 49.4 Å². The van der Waals surface area contributed by atoms with E-state index in [1.165, 1.54) is 24.3 Å². The minimum absolute atomic E-state index is 0.135. The molecule has 0 aromatic heterocycles. The first-order chi connectivity index (χ1) is 12.3. The molecular weight excluding hydrogens is 355 g/mol. The number of nitrogens with zero attached hydrogens (tertiary/aromatic N) is 1. The fourth-order valence-corrected chi connectivity index (χ4v) is 4.01. The first-order valence-corrected chi connectivity index (χ1v) is 10.2. The van der Waals surface area contributed by atoms with Crippen LogP contribution in [0.5, 0.6) is 0 Å². The van der Waals surface area contributed by atoms with Crippen LogP contribution in [0.4, 0.5) is 10.1 Å². The molecular formula is C19H23FN2O3S. The molecule has 2 aromatic carbocycles. The molecule has 5 nitrogen and oxygen atoms in total. The molecule has 0 unspecified atom stereocenters. The number of rotatable bonds is 7. The van der Waals surface area contributed by atoms with E-state index in [1.54, 1.807) is 6.92 Å². The molecule has 7 heteroatoms. The normalized spacial score (nSPS) is 13.7. The van der Waals surface area contributed by atoms with E-state index < -0.39 is 27.8 Å². The third-order valence-corrected chi connectivity index (χ3v) is 5.24. The van der Waals surface area contributed by atoms with Crippen LogP contribution in [0.25, 0.3) is 0 Å². The number of para-hydroxylation sites is 1. The highest BCUT2D eigenvalue weighted by Gasteiger charge is 2.33. The molecule has 0 bridgehead atoms. The quantitative estimate of drug-likeness (QED) is 0.804. The second-order valence-corrected chi connectivity index (χ2v) is 7.93. The molecule has 0 aliphatic carbocycles. The van der Waals surface area contributed by atoms with Crippen molar-refractivity contribution in [1.82, 2.24) is 5.32 Å². The second-order valence-electron chi connectivity index (χ2n) is 6.08. The Kier molecular flexibility index (Phi) is 6.37. The van der Waals surface area contributed by atoms with Gasteiger partial charge in [0.1, 0.15) is 11.9 Å². The lowest BCUT2D eigenvalue weighted by molar-refractivity contribution is -0.122. The van der Waals surface area contributed by atoms with Gasteiger partial charge in [-0.05, 0) is 31.0 Å². The number of nitrogens with one attached hydrogen (secondary N) is 1. The molecule has 140 valence electrons. The predicted octanol–water partition coefficient (Wildman–Crippen LogP) is 3.25. The molecule has 0 radical (unpaired) electrons. The Bertz CT molecular complexity index is 856. The van der Waals surface area contributed by atoms with Gasteiger partial charge in [0.05, 0.1) is 18.0 Å². The fourth-order valence-electron chi connectivity index (χ4n) is 2.80. The summed E-state index contributed by atoms with van der Waals surface area (Å²) >= 11 is 0. The number of carbonyl (C=O) groups is 1. The van der Waals surface area contributed by atoms with Crippen molar-refractivity contribution in [1.29, 1.82) is 0 Å². The van der Waals surface area contributed by atoms with E-state index in [-0.39, 0.29) is 18.2 Å². The average Bonchev–Trinajstić information content (AvgIpc) is 2.60. The molecule has 0 saturated heterocycles. The molecule has 1 N–H and O–H groups in total. The first-order valence-electron chi connectivity index (χ1n) is 8.35. The van der Waals surface area contributed by atoms with Gasteiger partial charge in [-0.25, -0.2) is 12.8 Å². The summed E-state index contributed by atoms with van der Waals surface area (Å²) in [6.07, 6.45) is 1.17. The SMILES string of the molecule is CC[C@@H](C(=O)N[C@H](C)c1ccccc1)N(c1ccccc1F)S(C)(=O)=O. The number of halogens is 1.